The van der Waals surface area contributed by atoms with E-state index in [9.17, 15) is 0 Å². The normalized spacial score (nSPS) is 22.3. The maximum absolute atomic E-state index is 3.81. The molecule has 0 amide bonds. The minimum atomic E-state index is 0.374. The lowest BCUT2D eigenvalue weighted by molar-refractivity contribution is 0.742. The minimum Gasteiger partial charge on any atom is -0.0991 e. The van der Waals surface area contributed by atoms with E-state index in [-0.39, 0.29) is 0 Å². The Morgan fingerprint density at radius 2 is 1.29 bits per heavy atom. The van der Waals surface area contributed by atoms with Gasteiger partial charge in [-0.15, -0.1) is 0 Å². The summed E-state index contributed by atoms with van der Waals surface area (Å²) >= 11 is 0. The summed E-state index contributed by atoms with van der Waals surface area (Å²) in [6.45, 7) is 6.10. The van der Waals surface area contributed by atoms with Crippen molar-refractivity contribution in [1.82, 2.24) is 0 Å². The van der Waals surface area contributed by atoms with Gasteiger partial charge in [-0.3, -0.25) is 0 Å². The highest BCUT2D eigenvalue weighted by Gasteiger charge is 2.39. The average molecular weight is 270 g/mol. The number of rotatable bonds is 2. The molecule has 0 heterocycles. The highest BCUT2D eigenvalue weighted by atomic mass is 14.4. The summed E-state index contributed by atoms with van der Waals surface area (Å²) < 4.78 is 0. The fraction of sp³-hybridized carbons (Fsp3) is 0.143. The van der Waals surface area contributed by atoms with Crippen molar-refractivity contribution < 1.29 is 0 Å². The highest BCUT2D eigenvalue weighted by molar-refractivity contribution is 5.66. The van der Waals surface area contributed by atoms with Crippen LogP contribution < -0.4 is 0 Å². The standard InChI is InChI=1S/C21H18/c1-3-4-9-15-14(2)20-16-10-5-7-12-18(16)21(15)19-13-8-6-11-17(19)20/h3-13,20-21H,1H2,2H3/b9-4-. The Bertz CT molecular complexity index is 742. The maximum Gasteiger partial charge on any atom is 0.0345 e. The summed E-state index contributed by atoms with van der Waals surface area (Å²) in [6, 6.07) is 17.8. The van der Waals surface area contributed by atoms with E-state index in [2.05, 4.69) is 74.2 Å². The molecule has 0 aliphatic heterocycles. The summed E-state index contributed by atoms with van der Waals surface area (Å²) in [5.41, 5.74) is 8.82. The third-order valence-corrected chi connectivity index (χ3v) is 4.85. The number of hydrogen-bond donors (Lipinski definition) is 0. The van der Waals surface area contributed by atoms with Gasteiger partial charge in [0.2, 0.25) is 0 Å². The minimum absolute atomic E-state index is 0.374. The van der Waals surface area contributed by atoms with Gasteiger partial charge in [0.25, 0.3) is 0 Å². The van der Waals surface area contributed by atoms with Gasteiger partial charge in [-0.25, -0.2) is 0 Å². The van der Waals surface area contributed by atoms with Crippen LogP contribution in [-0.2, 0) is 0 Å². The largest absolute Gasteiger partial charge is 0.0991 e. The molecule has 0 atom stereocenters. The third-order valence-electron chi connectivity index (χ3n) is 4.85. The molecule has 0 saturated carbocycles. The molecule has 21 heavy (non-hydrogen) atoms. The van der Waals surface area contributed by atoms with Gasteiger partial charge in [-0.05, 0) is 34.8 Å². The number of benzene rings is 2. The van der Waals surface area contributed by atoms with Crippen LogP contribution in [0.25, 0.3) is 0 Å². The van der Waals surface area contributed by atoms with E-state index < -0.39 is 0 Å². The van der Waals surface area contributed by atoms with Crippen LogP contribution in [-0.4, -0.2) is 0 Å². The van der Waals surface area contributed by atoms with Crippen molar-refractivity contribution >= 4 is 0 Å². The van der Waals surface area contributed by atoms with Gasteiger partial charge >= 0.3 is 0 Å². The second-order valence-corrected chi connectivity index (χ2v) is 5.86. The van der Waals surface area contributed by atoms with Crippen LogP contribution in [0.3, 0.4) is 0 Å². The van der Waals surface area contributed by atoms with E-state index >= 15 is 0 Å². The van der Waals surface area contributed by atoms with Gasteiger partial charge in [0.1, 0.15) is 0 Å². The molecule has 0 aromatic heterocycles. The zero-order valence-corrected chi connectivity index (χ0v) is 12.2. The van der Waals surface area contributed by atoms with E-state index in [1.807, 2.05) is 6.08 Å². The zero-order chi connectivity index (χ0) is 14.4. The Morgan fingerprint density at radius 3 is 1.76 bits per heavy atom. The Labute approximate surface area is 126 Å². The molecule has 102 valence electrons. The van der Waals surface area contributed by atoms with E-state index in [0.717, 1.165) is 0 Å². The lowest BCUT2D eigenvalue weighted by Gasteiger charge is -2.42. The average Bonchev–Trinajstić information content (AvgIpc) is 2.54. The second-order valence-electron chi connectivity index (χ2n) is 5.86. The summed E-state index contributed by atoms with van der Waals surface area (Å²) in [4.78, 5) is 0. The summed E-state index contributed by atoms with van der Waals surface area (Å²) in [5.74, 6) is 0.783. The Morgan fingerprint density at radius 1 is 0.810 bits per heavy atom. The van der Waals surface area contributed by atoms with Crippen LogP contribution in [0.15, 0.2) is 84.5 Å². The predicted molar refractivity (Wildman–Crippen MR) is 88.6 cm³/mol. The molecule has 2 aromatic carbocycles. The number of hydrogen-bond acceptors (Lipinski definition) is 0. The molecule has 0 fully saturated rings. The molecule has 0 spiro atoms. The highest BCUT2D eigenvalue weighted by Crippen LogP contribution is 2.55. The Kier molecular flexibility index (Phi) is 2.71. The third kappa shape index (κ3) is 1.62. The van der Waals surface area contributed by atoms with Gasteiger partial charge in [0, 0.05) is 11.8 Å². The van der Waals surface area contributed by atoms with Crippen LogP contribution in [0, 0.1) is 0 Å². The SMILES string of the molecule is C=C/C=C\C1=C(C)C2c3ccccc3C1c1ccccc12. The monoisotopic (exact) mass is 270 g/mol. The van der Waals surface area contributed by atoms with Crippen LogP contribution >= 0.6 is 0 Å². The fourth-order valence-corrected chi connectivity index (χ4v) is 4.00. The van der Waals surface area contributed by atoms with Crippen LogP contribution in [0.2, 0.25) is 0 Å². The molecule has 0 heteroatoms. The lowest BCUT2D eigenvalue weighted by atomic mass is 9.61. The van der Waals surface area contributed by atoms with Crippen molar-refractivity contribution in [3.63, 3.8) is 0 Å². The van der Waals surface area contributed by atoms with Crippen molar-refractivity contribution in [2.75, 3.05) is 0 Å². The second kappa shape index (κ2) is 4.60. The molecular weight excluding hydrogens is 252 g/mol. The van der Waals surface area contributed by atoms with Crippen molar-refractivity contribution in [3.8, 4) is 0 Å². The van der Waals surface area contributed by atoms with Gasteiger partial charge in [-0.1, -0.05) is 78.9 Å². The molecule has 2 bridgehead atoms. The first-order valence-electron chi connectivity index (χ1n) is 7.50. The van der Waals surface area contributed by atoms with Gasteiger partial charge < -0.3 is 0 Å². The first kappa shape index (κ1) is 12.4. The topological polar surface area (TPSA) is 0 Å². The molecule has 0 N–H and O–H groups in total. The predicted octanol–water partition coefficient (Wildman–Crippen LogP) is 5.34. The van der Waals surface area contributed by atoms with E-state index in [4.69, 9.17) is 0 Å². The first-order chi connectivity index (χ1) is 10.3. The Hall–Kier alpha value is -2.34. The summed E-state index contributed by atoms with van der Waals surface area (Å²) in [6.07, 6.45) is 6.16. The summed E-state index contributed by atoms with van der Waals surface area (Å²) in [7, 11) is 0. The van der Waals surface area contributed by atoms with E-state index in [1.165, 1.54) is 33.4 Å². The molecular formula is C21H18. The molecule has 3 aliphatic carbocycles. The molecule has 0 saturated heterocycles. The van der Waals surface area contributed by atoms with Crippen molar-refractivity contribution in [2.24, 2.45) is 0 Å². The molecule has 0 radical (unpaired) electrons. The zero-order valence-electron chi connectivity index (χ0n) is 12.2. The lowest BCUT2D eigenvalue weighted by Crippen LogP contribution is -2.26. The van der Waals surface area contributed by atoms with Crippen molar-refractivity contribution in [2.45, 2.75) is 18.8 Å². The molecule has 3 aliphatic rings. The molecule has 2 aromatic rings. The molecule has 0 unspecified atom stereocenters. The van der Waals surface area contributed by atoms with Crippen LogP contribution in [0.1, 0.15) is 41.0 Å². The van der Waals surface area contributed by atoms with Crippen LogP contribution in [0.5, 0.6) is 0 Å². The van der Waals surface area contributed by atoms with E-state index in [1.54, 1.807) is 0 Å². The molecule has 0 nitrogen and oxygen atoms in total. The quantitative estimate of drug-likeness (QED) is 0.646. The van der Waals surface area contributed by atoms with Gasteiger partial charge in [0.05, 0.1) is 0 Å². The van der Waals surface area contributed by atoms with Gasteiger partial charge in [-0.2, -0.15) is 0 Å². The van der Waals surface area contributed by atoms with E-state index in [0.29, 0.717) is 11.8 Å². The summed E-state index contributed by atoms with van der Waals surface area (Å²) in [5, 5.41) is 0. The van der Waals surface area contributed by atoms with Crippen molar-refractivity contribution in [1.29, 1.82) is 0 Å². The fourth-order valence-electron chi connectivity index (χ4n) is 4.00. The first-order valence-corrected chi connectivity index (χ1v) is 7.50. The number of allylic oxidation sites excluding steroid dienone is 5. The van der Waals surface area contributed by atoms with Gasteiger partial charge in [0.15, 0.2) is 0 Å². The maximum atomic E-state index is 3.81. The Balaban J connectivity index is 2.03. The van der Waals surface area contributed by atoms with Crippen molar-refractivity contribution in [3.05, 3.63) is 107 Å². The smallest absolute Gasteiger partial charge is 0.0345 e. The molecule has 5 rings (SSSR count). The van der Waals surface area contributed by atoms with Crippen LogP contribution in [0.4, 0.5) is 0 Å².